The Morgan fingerprint density at radius 1 is 1.43 bits per heavy atom. The molecule has 3 nitrogen and oxygen atoms in total. The van der Waals surface area contributed by atoms with Gasteiger partial charge in [-0.05, 0) is 0 Å². The van der Waals surface area contributed by atoms with E-state index in [1.54, 1.807) is 0 Å². The summed E-state index contributed by atoms with van der Waals surface area (Å²) < 4.78 is 0. The third-order valence-electron chi connectivity index (χ3n) is 0. The van der Waals surface area contributed by atoms with Crippen LogP contribution in [0.4, 0.5) is 4.79 Å². The van der Waals surface area contributed by atoms with Gasteiger partial charge >= 0.3 is 71.6 Å². The summed E-state index contributed by atoms with van der Waals surface area (Å²) in [7, 11) is 4.49. The molecule has 0 unspecified atom stereocenters. The van der Waals surface area contributed by atoms with Crippen LogP contribution in [0.25, 0.3) is 0 Å². The van der Waals surface area contributed by atoms with Crippen molar-refractivity contribution in [3.05, 3.63) is 0 Å². The minimum atomic E-state index is -1.83. The van der Waals surface area contributed by atoms with Crippen molar-refractivity contribution in [2.24, 2.45) is 0 Å². The molecule has 0 aromatic rings. The van der Waals surface area contributed by atoms with E-state index in [0.29, 0.717) is 0 Å². The van der Waals surface area contributed by atoms with Gasteiger partial charge in [0.1, 0.15) is 0 Å². The Morgan fingerprint density at radius 3 is 1.43 bits per heavy atom. The Labute approximate surface area is 85.4 Å². The molecule has 0 spiro atoms. The van der Waals surface area contributed by atoms with Gasteiger partial charge in [-0.2, -0.15) is 0 Å². The molecule has 0 aliphatic rings. The second kappa shape index (κ2) is 15.6. The van der Waals surface area contributed by atoms with E-state index in [0.717, 1.165) is 0 Å². The number of rotatable bonds is 0. The van der Waals surface area contributed by atoms with Gasteiger partial charge in [-0.25, -0.2) is 4.79 Å². The van der Waals surface area contributed by atoms with Crippen LogP contribution in [0, 0.1) is 0 Å². The molecule has 45 valence electrons. The fourth-order valence-electron chi connectivity index (χ4n) is 0. The van der Waals surface area contributed by atoms with Crippen LogP contribution in [-0.4, -0.2) is 54.1 Å². The average molecular weight is 246 g/mol. The Hall–Kier alpha value is 1.48. The summed E-state index contributed by atoms with van der Waals surface area (Å²) >= 11 is 2.22. The second-order valence-corrected chi connectivity index (χ2v) is 0.283. The van der Waals surface area contributed by atoms with Gasteiger partial charge in [-0.15, -0.1) is 0 Å². The molecule has 0 bridgehead atoms. The first-order valence-corrected chi connectivity index (χ1v) is 2.77. The van der Waals surface area contributed by atoms with E-state index >= 15 is 0 Å². The van der Waals surface area contributed by atoms with Crippen LogP contribution in [-0.2, 0) is 18.2 Å². The van der Waals surface area contributed by atoms with E-state index in [4.69, 9.17) is 15.0 Å². The molecule has 7 heavy (non-hydrogen) atoms. The summed E-state index contributed by atoms with van der Waals surface area (Å²) in [5.74, 6) is 0. The van der Waals surface area contributed by atoms with Crippen molar-refractivity contribution in [2.75, 3.05) is 0 Å². The molecule has 0 heterocycles. The van der Waals surface area contributed by atoms with E-state index in [-0.39, 0.29) is 37.7 Å². The molecule has 6 heteroatoms. The molecule has 0 aliphatic carbocycles. The number of hydrogen-bond acceptors (Lipinski definition) is 1. The maximum atomic E-state index is 8.56. The van der Waals surface area contributed by atoms with Gasteiger partial charge in [-0.3, -0.25) is 0 Å². The molecule has 0 amide bonds. The molecule has 0 rings (SSSR count). The van der Waals surface area contributed by atoms with Crippen LogP contribution in [0.15, 0.2) is 0 Å². The fraction of sp³-hybridized carbons (Fsp3) is 0. The van der Waals surface area contributed by atoms with Crippen LogP contribution in [0.1, 0.15) is 0 Å². The first-order valence-electron chi connectivity index (χ1n) is 0.771. The van der Waals surface area contributed by atoms with Gasteiger partial charge < -0.3 is 10.2 Å². The first kappa shape index (κ1) is 15.8. The van der Waals surface area contributed by atoms with Gasteiger partial charge in [0.25, 0.3) is 0 Å². The number of carboxylic acid groups (broad SMARTS) is 2. The molecule has 0 radical (unpaired) electrons. The van der Waals surface area contributed by atoms with Crippen LogP contribution < -0.4 is 0 Å². The Balaban J connectivity index is -0.0000000480. The van der Waals surface area contributed by atoms with Gasteiger partial charge in [0.05, 0.1) is 0 Å². The van der Waals surface area contributed by atoms with E-state index in [2.05, 4.69) is 27.7 Å². The van der Waals surface area contributed by atoms with Gasteiger partial charge in [0, 0.05) is 0 Å². The van der Waals surface area contributed by atoms with Gasteiger partial charge in [0.2, 0.25) is 0 Å². The molecule has 2 N–H and O–H groups in total. The van der Waals surface area contributed by atoms with E-state index in [9.17, 15) is 0 Å². The third kappa shape index (κ3) is 102. The van der Waals surface area contributed by atoms with Crippen molar-refractivity contribution in [3.8, 4) is 0 Å². The van der Waals surface area contributed by atoms with Crippen molar-refractivity contribution in [1.82, 2.24) is 0 Å². The summed E-state index contributed by atoms with van der Waals surface area (Å²) in [4.78, 5) is 8.56. The van der Waals surface area contributed by atoms with Gasteiger partial charge in [0.15, 0.2) is 0 Å². The Kier molecular flexibility index (Phi) is 35.3. The molecule has 0 atom stereocenters. The Bertz CT molecular complexity index is 37.9. The molecule has 0 saturated heterocycles. The minimum absolute atomic E-state index is 0. The molecular weight excluding hydrogens is 242 g/mol. The zero-order chi connectivity index (χ0) is 5.58. The normalized spacial score (nSPS) is 4.43. The third-order valence-corrected chi connectivity index (χ3v) is 0. The van der Waals surface area contributed by atoms with Crippen LogP contribution >= 0.6 is 9.53 Å². The monoisotopic (exact) mass is 245 g/mol. The zero-order valence-electron chi connectivity index (χ0n) is 2.50. The van der Waals surface area contributed by atoms with Crippen molar-refractivity contribution >= 4 is 53.4 Å². The topological polar surface area (TPSA) is 57.5 Å². The van der Waals surface area contributed by atoms with E-state index in [1.807, 2.05) is 0 Å². The summed E-state index contributed by atoms with van der Waals surface area (Å²) in [6.07, 6.45) is -1.83. The average Bonchev–Trinajstić information content (AvgIpc) is 1.41. The molecule has 0 aromatic heterocycles. The summed E-state index contributed by atoms with van der Waals surface area (Å²) in [5.41, 5.74) is 0. The molecule has 0 aliphatic heterocycles. The van der Waals surface area contributed by atoms with Crippen LogP contribution in [0.3, 0.4) is 0 Å². The zero-order valence-corrected chi connectivity index (χ0v) is 4.81. The maximum absolute atomic E-state index is 8.56. The standard InChI is InChI=1S/CH2O3.Ca.ClH.Pd.2H/c2-1(3)4;;;;;/h(H2,2,3,4);;1H;;;/q;;;+1;;/p-1. The number of hydrogen-bond donors (Lipinski definition) is 2. The predicted molar refractivity (Wildman–Crippen MR) is 25.1 cm³/mol. The SMILES string of the molecule is O=C(O)O.[CaH2].[Cl][Pd]. The van der Waals surface area contributed by atoms with Crippen molar-refractivity contribution < 1.29 is 33.2 Å². The fourth-order valence-corrected chi connectivity index (χ4v) is 0. The quantitative estimate of drug-likeness (QED) is 0.591. The molecule has 0 saturated carbocycles. The summed E-state index contributed by atoms with van der Waals surface area (Å²) in [6.45, 7) is 0. The Morgan fingerprint density at radius 2 is 1.43 bits per heavy atom. The molecule has 0 fully saturated rings. The van der Waals surface area contributed by atoms with Crippen molar-refractivity contribution in [3.63, 3.8) is 0 Å². The van der Waals surface area contributed by atoms with E-state index in [1.165, 1.54) is 0 Å². The molecule has 0 aromatic carbocycles. The van der Waals surface area contributed by atoms with Crippen molar-refractivity contribution in [2.45, 2.75) is 0 Å². The van der Waals surface area contributed by atoms with E-state index < -0.39 is 6.16 Å². The first-order chi connectivity index (χ1) is 2.73. The molecular formula is CH4CaClO3Pd. The van der Waals surface area contributed by atoms with Crippen LogP contribution in [0.5, 0.6) is 0 Å². The predicted octanol–water partition coefficient (Wildman–Crippen LogP) is -0.00680. The number of halogens is 1. The van der Waals surface area contributed by atoms with Gasteiger partial charge in [-0.1, -0.05) is 0 Å². The number of carbonyl (C=O) groups is 1. The summed E-state index contributed by atoms with van der Waals surface area (Å²) in [5, 5.41) is 13.9. The summed E-state index contributed by atoms with van der Waals surface area (Å²) in [6, 6.07) is 0. The second-order valence-electron chi connectivity index (χ2n) is 0.283. The van der Waals surface area contributed by atoms with Crippen LogP contribution in [0.2, 0.25) is 0 Å². The van der Waals surface area contributed by atoms with Crippen molar-refractivity contribution in [1.29, 1.82) is 0 Å².